The molecule has 0 aliphatic rings. The number of nitrogens with zero attached hydrogens (tertiary/aromatic N) is 1. The van der Waals surface area contributed by atoms with Crippen LogP contribution in [0.25, 0.3) is 32.1 Å². The summed E-state index contributed by atoms with van der Waals surface area (Å²) in [6.07, 6.45) is 1.05. The molecule has 0 bridgehead atoms. The lowest BCUT2D eigenvalue weighted by molar-refractivity contribution is 0.0882. The van der Waals surface area contributed by atoms with Crippen molar-refractivity contribution in [2.45, 2.75) is 72.1 Å². The number of pyridine rings is 1. The highest BCUT2D eigenvalue weighted by Gasteiger charge is 2.22. The molecule has 7 heteroatoms. The highest BCUT2D eigenvalue weighted by molar-refractivity contribution is 7.17. The smallest absolute Gasteiger partial charge is 0.271 e. The van der Waals surface area contributed by atoms with Gasteiger partial charge in [0.15, 0.2) is 5.13 Å². The summed E-state index contributed by atoms with van der Waals surface area (Å²) in [6.45, 7) is 13.7. The predicted octanol–water partition coefficient (Wildman–Crippen LogP) is 7.65. The van der Waals surface area contributed by atoms with Crippen LogP contribution in [0.4, 0.5) is 4.39 Å². The van der Waals surface area contributed by atoms with Crippen molar-refractivity contribution >= 4 is 40.4 Å². The lowest BCUT2D eigenvalue weighted by atomic mass is 9.89. The summed E-state index contributed by atoms with van der Waals surface area (Å²) < 4.78 is 22.6. The Labute approximate surface area is 217 Å². The van der Waals surface area contributed by atoms with Crippen LogP contribution in [0, 0.1) is 12.1 Å². The standard InChI is InChI=1S/C29H36FNO3SSi/c1-7-18(2)20-8-10-21(11-9-20)25-22(16-32)14-19(3)27-26(25)23-15-24(30)35-28(23)29(33)31(27)17-34-12-13-36(4,5)6/h8-11,14-15,18,32H,7,12-13,16-17H2,1-6H3/t18-/m0/s1. The zero-order valence-corrected chi connectivity index (χ0v) is 23.9. The molecule has 2 aromatic heterocycles. The number of aryl methyl sites for hydroxylation is 1. The Kier molecular flexibility index (Phi) is 7.85. The zero-order chi connectivity index (χ0) is 26.2. The molecule has 192 valence electrons. The molecule has 1 atom stereocenters. The van der Waals surface area contributed by atoms with Gasteiger partial charge in [0.25, 0.3) is 5.56 Å². The summed E-state index contributed by atoms with van der Waals surface area (Å²) in [7, 11) is -1.28. The van der Waals surface area contributed by atoms with Crippen molar-refractivity contribution < 1.29 is 14.2 Å². The number of aliphatic hydroxyl groups excluding tert-OH is 1. The molecule has 0 fully saturated rings. The Balaban J connectivity index is 1.98. The van der Waals surface area contributed by atoms with Crippen LogP contribution in [-0.2, 0) is 18.1 Å². The largest absolute Gasteiger partial charge is 0.392 e. The molecular formula is C29H36FNO3SSi. The first-order valence-corrected chi connectivity index (χ1v) is 17.1. The maximum absolute atomic E-state index is 14.6. The fourth-order valence-electron chi connectivity index (χ4n) is 4.74. The van der Waals surface area contributed by atoms with Crippen LogP contribution in [-0.4, -0.2) is 24.4 Å². The minimum Gasteiger partial charge on any atom is -0.392 e. The molecule has 0 aliphatic heterocycles. The van der Waals surface area contributed by atoms with E-state index < -0.39 is 13.2 Å². The van der Waals surface area contributed by atoms with Crippen LogP contribution >= 0.6 is 11.3 Å². The van der Waals surface area contributed by atoms with Crippen LogP contribution in [0.1, 0.15) is 42.9 Å². The third kappa shape index (κ3) is 5.21. The average Bonchev–Trinajstić information content (AvgIpc) is 3.24. The number of ether oxygens (including phenoxy) is 1. The van der Waals surface area contributed by atoms with Gasteiger partial charge in [0.2, 0.25) is 0 Å². The number of aromatic nitrogens is 1. The molecule has 0 aliphatic carbocycles. The predicted molar refractivity (Wildman–Crippen MR) is 152 cm³/mol. The maximum Gasteiger partial charge on any atom is 0.271 e. The SMILES string of the molecule is CC[C@H](C)c1ccc(-c2c(CO)cc(C)c3c2c2cc(F)sc2c(=O)n3COCC[Si](C)(C)C)cc1. The first kappa shape index (κ1) is 26.7. The van der Waals surface area contributed by atoms with Crippen LogP contribution in [0.15, 0.2) is 41.2 Å². The molecule has 0 amide bonds. The topological polar surface area (TPSA) is 51.5 Å². The van der Waals surface area contributed by atoms with Gasteiger partial charge in [0.05, 0.1) is 12.1 Å². The van der Waals surface area contributed by atoms with E-state index in [-0.39, 0.29) is 18.9 Å². The lowest BCUT2D eigenvalue weighted by Gasteiger charge is -2.21. The van der Waals surface area contributed by atoms with Gasteiger partial charge in [-0.05, 0) is 59.2 Å². The molecule has 0 radical (unpaired) electrons. The quantitative estimate of drug-likeness (QED) is 0.180. The van der Waals surface area contributed by atoms with Crippen LogP contribution in [0.2, 0.25) is 25.7 Å². The molecule has 0 unspecified atom stereocenters. The van der Waals surface area contributed by atoms with Crippen LogP contribution in [0.3, 0.4) is 0 Å². The van der Waals surface area contributed by atoms with Gasteiger partial charge >= 0.3 is 0 Å². The van der Waals surface area contributed by atoms with E-state index in [9.17, 15) is 14.3 Å². The number of hydrogen-bond acceptors (Lipinski definition) is 4. The van der Waals surface area contributed by atoms with Gasteiger partial charge in [-0.25, -0.2) is 0 Å². The summed E-state index contributed by atoms with van der Waals surface area (Å²) >= 11 is 0.873. The molecule has 2 aromatic carbocycles. The van der Waals surface area contributed by atoms with E-state index >= 15 is 0 Å². The lowest BCUT2D eigenvalue weighted by Crippen LogP contribution is -2.25. The molecule has 2 heterocycles. The second-order valence-electron chi connectivity index (χ2n) is 10.9. The number of halogens is 1. The normalized spacial score (nSPS) is 13.1. The number of hydrogen-bond donors (Lipinski definition) is 1. The van der Waals surface area contributed by atoms with E-state index in [4.69, 9.17) is 4.74 Å². The van der Waals surface area contributed by atoms with Crippen molar-refractivity contribution in [3.63, 3.8) is 0 Å². The van der Waals surface area contributed by atoms with Crippen LogP contribution < -0.4 is 5.56 Å². The van der Waals surface area contributed by atoms with Gasteiger partial charge in [-0.3, -0.25) is 9.36 Å². The summed E-state index contributed by atoms with van der Waals surface area (Å²) in [5, 5.41) is 11.3. The minimum absolute atomic E-state index is 0.112. The Morgan fingerprint density at radius 3 is 2.47 bits per heavy atom. The molecule has 4 nitrogen and oxygen atoms in total. The highest BCUT2D eigenvalue weighted by Crippen LogP contribution is 2.40. The number of benzene rings is 2. The second-order valence-corrected chi connectivity index (χ2v) is 17.5. The van der Waals surface area contributed by atoms with Gasteiger partial charge in [-0.15, -0.1) is 11.3 Å². The van der Waals surface area contributed by atoms with E-state index in [1.54, 1.807) is 4.57 Å². The Morgan fingerprint density at radius 1 is 1.17 bits per heavy atom. The number of fused-ring (bicyclic) bond motifs is 3. The molecule has 0 saturated heterocycles. The van der Waals surface area contributed by atoms with Gasteiger partial charge in [-0.2, -0.15) is 4.39 Å². The highest BCUT2D eigenvalue weighted by atomic mass is 32.1. The molecule has 36 heavy (non-hydrogen) atoms. The van der Waals surface area contributed by atoms with Crippen molar-refractivity contribution in [2.75, 3.05) is 6.61 Å². The average molecular weight is 526 g/mol. The van der Waals surface area contributed by atoms with E-state index in [0.29, 0.717) is 22.6 Å². The van der Waals surface area contributed by atoms with E-state index in [1.165, 1.54) is 11.6 Å². The van der Waals surface area contributed by atoms with Gasteiger partial charge < -0.3 is 9.84 Å². The minimum atomic E-state index is -1.28. The van der Waals surface area contributed by atoms with Crippen molar-refractivity contribution in [2.24, 2.45) is 0 Å². The summed E-state index contributed by atoms with van der Waals surface area (Å²) in [5.74, 6) is 0.447. The third-order valence-corrected chi connectivity index (χ3v) is 9.64. The molecular weight excluding hydrogens is 489 g/mol. The molecule has 1 N–H and O–H groups in total. The van der Waals surface area contributed by atoms with Crippen LogP contribution in [0.5, 0.6) is 0 Å². The van der Waals surface area contributed by atoms with Crippen molar-refractivity contribution in [3.05, 3.63) is 68.6 Å². The van der Waals surface area contributed by atoms with Crippen molar-refractivity contribution in [1.82, 2.24) is 4.57 Å². The molecule has 0 saturated carbocycles. The van der Waals surface area contributed by atoms with Gasteiger partial charge in [-0.1, -0.05) is 63.8 Å². The van der Waals surface area contributed by atoms with Gasteiger partial charge in [0.1, 0.15) is 11.4 Å². The third-order valence-electron chi connectivity index (χ3n) is 7.02. The number of rotatable bonds is 9. The van der Waals surface area contributed by atoms with Gasteiger partial charge in [0, 0.05) is 25.5 Å². The van der Waals surface area contributed by atoms with Crippen molar-refractivity contribution in [3.8, 4) is 11.1 Å². The molecule has 4 aromatic rings. The van der Waals surface area contributed by atoms with E-state index in [0.717, 1.165) is 57.0 Å². The fourth-order valence-corrected chi connectivity index (χ4v) is 6.34. The van der Waals surface area contributed by atoms with E-state index in [1.807, 2.05) is 13.0 Å². The summed E-state index contributed by atoms with van der Waals surface area (Å²) in [5.41, 5.74) is 5.14. The summed E-state index contributed by atoms with van der Waals surface area (Å²) in [4.78, 5) is 13.5. The van der Waals surface area contributed by atoms with E-state index in [2.05, 4.69) is 57.8 Å². The molecule has 4 rings (SSSR count). The first-order chi connectivity index (χ1) is 17.1. The number of thiophene rings is 1. The molecule has 0 spiro atoms. The Hall–Kier alpha value is -2.32. The zero-order valence-electron chi connectivity index (χ0n) is 22.1. The Bertz CT molecular complexity index is 1450. The van der Waals surface area contributed by atoms with Crippen molar-refractivity contribution in [1.29, 1.82) is 0 Å². The Morgan fingerprint density at radius 2 is 1.86 bits per heavy atom. The monoisotopic (exact) mass is 525 g/mol. The fraction of sp³-hybridized carbons (Fsp3) is 0.414. The number of aliphatic hydroxyl groups is 1. The second kappa shape index (κ2) is 10.6. The summed E-state index contributed by atoms with van der Waals surface area (Å²) in [6, 6.07) is 12.8. The maximum atomic E-state index is 14.6. The first-order valence-electron chi connectivity index (χ1n) is 12.6.